The standard InChI is InChI=1S/C15H25N5O/c1-4-8-17-14(21)10-20(3)13-9-12(16-5-2)18-15(19-13)11-6-7-11/h9,11H,4-8,10H2,1-3H3,(H,17,21)(H,16,18,19). The lowest BCUT2D eigenvalue weighted by Gasteiger charge is -2.19. The summed E-state index contributed by atoms with van der Waals surface area (Å²) in [4.78, 5) is 22.8. The van der Waals surface area contributed by atoms with Gasteiger partial charge in [0, 0.05) is 32.1 Å². The van der Waals surface area contributed by atoms with Gasteiger partial charge in [-0.1, -0.05) is 6.92 Å². The van der Waals surface area contributed by atoms with E-state index in [1.807, 2.05) is 31.9 Å². The molecule has 1 fully saturated rings. The second-order valence-electron chi connectivity index (χ2n) is 5.48. The highest BCUT2D eigenvalue weighted by Gasteiger charge is 2.27. The Bertz CT molecular complexity index is 487. The van der Waals surface area contributed by atoms with E-state index < -0.39 is 0 Å². The van der Waals surface area contributed by atoms with Gasteiger partial charge in [-0.3, -0.25) is 4.79 Å². The van der Waals surface area contributed by atoms with Crippen LogP contribution < -0.4 is 15.5 Å². The van der Waals surface area contributed by atoms with Crippen LogP contribution in [0, 0.1) is 0 Å². The summed E-state index contributed by atoms with van der Waals surface area (Å²) in [6.45, 7) is 5.93. The number of carbonyl (C=O) groups excluding carboxylic acids is 1. The highest BCUT2D eigenvalue weighted by molar-refractivity contribution is 5.80. The predicted octanol–water partition coefficient (Wildman–Crippen LogP) is 1.75. The van der Waals surface area contributed by atoms with Crippen molar-refractivity contribution in [1.29, 1.82) is 0 Å². The third-order valence-corrected chi connectivity index (χ3v) is 3.37. The molecule has 0 unspecified atom stereocenters. The van der Waals surface area contributed by atoms with Crippen LogP contribution in [0.4, 0.5) is 11.6 Å². The summed E-state index contributed by atoms with van der Waals surface area (Å²) in [7, 11) is 1.89. The minimum absolute atomic E-state index is 0.0240. The average Bonchev–Trinajstić information content (AvgIpc) is 3.29. The molecule has 116 valence electrons. The molecule has 0 spiro atoms. The fourth-order valence-corrected chi connectivity index (χ4v) is 2.06. The molecule has 1 heterocycles. The maximum absolute atomic E-state index is 11.8. The Labute approximate surface area is 126 Å². The number of anilines is 2. The van der Waals surface area contributed by atoms with Crippen LogP contribution in [0.25, 0.3) is 0 Å². The first-order chi connectivity index (χ1) is 10.1. The van der Waals surface area contributed by atoms with Gasteiger partial charge in [0.2, 0.25) is 5.91 Å². The Morgan fingerprint density at radius 3 is 2.76 bits per heavy atom. The Morgan fingerprint density at radius 2 is 2.14 bits per heavy atom. The summed E-state index contributed by atoms with van der Waals surface area (Å²) in [5.41, 5.74) is 0. The van der Waals surface area contributed by atoms with Crippen LogP contribution in [-0.4, -0.2) is 42.6 Å². The molecule has 1 aromatic heterocycles. The highest BCUT2D eigenvalue weighted by Crippen LogP contribution is 2.39. The molecule has 0 atom stereocenters. The van der Waals surface area contributed by atoms with Gasteiger partial charge in [0.05, 0.1) is 6.54 Å². The average molecular weight is 291 g/mol. The van der Waals surface area contributed by atoms with Crippen molar-refractivity contribution in [2.24, 2.45) is 0 Å². The molecule has 1 aliphatic carbocycles. The first kappa shape index (κ1) is 15.5. The molecule has 2 N–H and O–H groups in total. The molecule has 0 saturated heterocycles. The van der Waals surface area contributed by atoms with E-state index in [-0.39, 0.29) is 5.91 Å². The molecule has 2 rings (SSSR count). The Hall–Kier alpha value is -1.85. The van der Waals surface area contributed by atoms with Gasteiger partial charge in [0.25, 0.3) is 0 Å². The van der Waals surface area contributed by atoms with E-state index in [0.717, 1.165) is 43.3 Å². The molecule has 6 heteroatoms. The summed E-state index contributed by atoms with van der Waals surface area (Å²) in [6.07, 6.45) is 3.27. The SMILES string of the molecule is CCCNC(=O)CN(C)c1cc(NCC)nc(C2CC2)n1. The fourth-order valence-electron chi connectivity index (χ4n) is 2.06. The van der Waals surface area contributed by atoms with Crippen molar-refractivity contribution < 1.29 is 4.79 Å². The van der Waals surface area contributed by atoms with Gasteiger partial charge < -0.3 is 15.5 Å². The van der Waals surface area contributed by atoms with E-state index in [4.69, 9.17) is 0 Å². The van der Waals surface area contributed by atoms with Gasteiger partial charge in [-0.05, 0) is 26.2 Å². The summed E-state index contributed by atoms with van der Waals surface area (Å²) in [5.74, 6) is 3.05. The summed E-state index contributed by atoms with van der Waals surface area (Å²) >= 11 is 0. The molecule has 21 heavy (non-hydrogen) atoms. The lowest BCUT2D eigenvalue weighted by Crippen LogP contribution is -2.36. The first-order valence-corrected chi connectivity index (χ1v) is 7.74. The number of hydrogen-bond donors (Lipinski definition) is 2. The van der Waals surface area contributed by atoms with Gasteiger partial charge in [-0.25, -0.2) is 9.97 Å². The zero-order chi connectivity index (χ0) is 15.2. The van der Waals surface area contributed by atoms with Gasteiger partial charge in [-0.2, -0.15) is 0 Å². The third kappa shape index (κ3) is 4.58. The lowest BCUT2D eigenvalue weighted by molar-refractivity contribution is -0.119. The number of rotatable bonds is 8. The number of nitrogens with one attached hydrogen (secondary N) is 2. The number of amides is 1. The highest BCUT2D eigenvalue weighted by atomic mass is 16.2. The van der Waals surface area contributed by atoms with Crippen LogP contribution in [0.1, 0.15) is 44.9 Å². The van der Waals surface area contributed by atoms with Crippen LogP contribution in [0.3, 0.4) is 0 Å². The van der Waals surface area contributed by atoms with Crippen molar-refractivity contribution in [3.05, 3.63) is 11.9 Å². The Kier molecular flexibility index (Phi) is 5.36. The second kappa shape index (κ2) is 7.24. The van der Waals surface area contributed by atoms with Crippen molar-refractivity contribution in [3.63, 3.8) is 0 Å². The van der Waals surface area contributed by atoms with Gasteiger partial charge >= 0.3 is 0 Å². The van der Waals surface area contributed by atoms with Crippen molar-refractivity contribution in [3.8, 4) is 0 Å². The van der Waals surface area contributed by atoms with Crippen molar-refractivity contribution in [2.75, 3.05) is 36.9 Å². The molecule has 0 radical (unpaired) electrons. The maximum atomic E-state index is 11.8. The summed E-state index contributed by atoms with van der Waals surface area (Å²) in [6, 6.07) is 1.91. The number of aromatic nitrogens is 2. The normalized spacial score (nSPS) is 13.9. The fraction of sp³-hybridized carbons (Fsp3) is 0.667. The zero-order valence-corrected chi connectivity index (χ0v) is 13.1. The number of carbonyl (C=O) groups is 1. The maximum Gasteiger partial charge on any atom is 0.239 e. The van der Waals surface area contributed by atoms with Crippen molar-refractivity contribution >= 4 is 17.5 Å². The van der Waals surface area contributed by atoms with Crippen molar-refractivity contribution in [1.82, 2.24) is 15.3 Å². The summed E-state index contributed by atoms with van der Waals surface area (Å²) < 4.78 is 0. The molecular weight excluding hydrogens is 266 g/mol. The molecule has 1 aromatic rings. The minimum atomic E-state index is 0.0240. The van der Waals surface area contributed by atoms with Crippen LogP contribution in [-0.2, 0) is 4.79 Å². The second-order valence-corrected chi connectivity index (χ2v) is 5.48. The molecule has 0 aromatic carbocycles. The minimum Gasteiger partial charge on any atom is -0.370 e. The van der Waals surface area contributed by atoms with Crippen LogP contribution in [0.2, 0.25) is 0 Å². The summed E-state index contributed by atoms with van der Waals surface area (Å²) in [5, 5.41) is 6.12. The van der Waals surface area contributed by atoms with Crippen LogP contribution in [0.15, 0.2) is 6.07 Å². The molecule has 0 bridgehead atoms. The molecule has 1 aliphatic rings. The van der Waals surface area contributed by atoms with E-state index in [0.29, 0.717) is 19.0 Å². The van der Waals surface area contributed by atoms with E-state index in [9.17, 15) is 4.79 Å². The first-order valence-electron chi connectivity index (χ1n) is 7.74. The van der Waals surface area contributed by atoms with Crippen molar-refractivity contribution in [2.45, 2.75) is 39.0 Å². The molecular formula is C15H25N5O. The van der Waals surface area contributed by atoms with E-state index in [1.54, 1.807) is 0 Å². The van der Waals surface area contributed by atoms with E-state index in [2.05, 4.69) is 20.6 Å². The molecule has 1 saturated carbocycles. The Balaban J connectivity index is 2.07. The quantitative estimate of drug-likeness (QED) is 0.763. The van der Waals surface area contributed by atoms with Crippen LogP contribution >= 0.6 is 0 Å². The number of likely N-dealkylation sites (N-methyl/N-ethyl adjacent to an activating group) is 1. The molecule has 0 aliphatic heterocycles. The number of nitrogens with zero attached hydrogens (tertiary/aromatic N) is 3. The van der Waals surface area contributed by atoms with Crippen LogP contribution in [0.5, 0.6) is 0 Å². The lowest BCUT2D eigenvalue weighted by atomic mass is 10.3. The molecule has 1 amide bonds. The number of hydrogen-bond acceptors (Lipinski definition) is 5. The van der Waals surface area contributed by atoms with Gasteiger partial charge in [0.1, 0.15) is 17.5 Å². The zero-order valence-electron chi connectivity index (χ0n) is 13.1. The monoisotopic (exact) mass is 291 g/mol. The van der Waals surface area contributed by atoms with E-state index >= 15 is 0 Å². The predicted molar refractivity (Wildman–Crippen MR) is 84.7 cm³/mol. The largest absolute Gasteiger partial charge is 0.370 e. The third-order valence-electron chi connectivity index (χ3n) is 3.37. The topological polar surface area (TPSA) is 70.2 Å². The Morgan fingerprint density at radius 1 is 1.38 bits per heavy atom. The van der Waals surface area contributed by atoms with E-state index in [1.165, 1.54) is 0 Å². The molecule has 6 nitrogen and oxygen atoms in total. The van der Waals surface area contributed by atoms with Gasteiger partial charge in [0.15, 0.2) is 0 Å². The smallest absolute Gasteiger partial charge is 0.239 e. The van der Waals surface area contributed by atoms with Gasteiger partial charge in [-0.15, -0.1) is 0 Å².